The summed E-state index contributed by atoms with van der Waals surface area (Å²) in [5.41, 5.74) is 18.0. The van der Waals surface area contributed by atoms with Crippen molar-refractivity contribution in [2.24, 2.45) is 0 Å². The Morgan fingerprint density at radius 1 is 0.346 bits per heavy atom. The molecule has 10 rings (SSSR count). The molecule has 1 heterocycles. The molecule has 0 aliphatic heterocycles. The van der Waals surface area contributed by atoms with Gasteiger partial charge in [-0.25, -0.2) is 0 Å². The molecule has 8 aromatic carbocycles. The Hall–Kier alpha value is -6.64. The lowest BCUT2D eigenvalue weighted by molar-refractivity contribution is 0.669. The van der Waals surface area contributed by atoms with Crippen LogP contribution in [-0.2, 0) is 12.8 Å². The Bertz CT molecular complexity index is 2760. The maximum Gasteiger partial charge on any atom is 0.135 e. The molecular weight excluding hydrogens is 631 g/mol. The first-order chi connectivity index (χ1) is 25.8. The molecule has 0 saturated heterocycles. The van der Waals surface area contributed by atoms with Gasteiger partial charge >= 0.3 is 0 Å². The lowest BCUT2D eigenvalue weighted by Crippen LogP contribution is -2.12. The van der Waals surface area contributed by atoms with Crippen molar-refractivity contribution in [2.45, 2.75) is 12.8 Å². The Kier molecular flexibility index (Phi) is 7.32. The molecule has 2 heteroatoms. The standard InChI is InChI=1S/C50H35NO/c1-2-14-34(15-3-1)45-22-10-12-24-48(45)51(40-27-29-50-47(33-40)46-23-11-13-25-49(46)52-50)39-26-28-44-38(32-39)31-37-18-6-8-20-42(37)41-19-7-4-16-35(41)30-36-17-5-9-21-43(36)44/h1-29,32-33H,30-31H2. The van der Waals surface area contributed by atoms with Crippen LogP contribution in [0.5, 0.6) is 0 Å². The fraction of sp³-hybridized carbons (Fsp3) is 0.0400. The van der Waals surface area contributed by atoms with Crippen LogP contribution in [0, 0.1) is 0 Å². The topological polar surface area (TPSA) is 16.4 Å². The highest BCUT2D eigenvalue weighted by Gasteiger charge is 2.22. The van der Waals surface area contributed by atoms with Gasteiger partial charge in [-0.1, -0.05) is 146 Å². The second-order valence-corrected chi connectivity index (χ2v) is 13.7. The van der Waals surface area contributed by atoms with E-state index in [0.29, 0.717) is 0 Å². The van der Waals surface area contributed by atoms with Gasteiger partial charge in [-0.3, -0.25) is 0 Å². The van der Waals surface area contributed by atoms with Crippen molar-refractivity contribution in [1.29, 1.82) is 0 Å². The summed E-state index contributed by atoms with van der Waals surface area (Å²) in [5.74, 6) is 0. The largest absolute Gasteiger partial charge is 0.456 e. The van der Waals surface area contributed by atoms with E-state index in [2.05, 4.69) is 181 Å². The number of rotatable bonds is 4. The number of hydrogen-bond donors (Lipinski definition) is 0. The van der Waals surface area contributed by atoms with Gasteiger partial charge in [-0.2, -0.15) is 0 Å². The van der Waals surface area contributed by atoms with E-state index in [4.69, 9.17) is 4.42 Å². The summed E-state index contributed by atoms with van der Waals surface area (Å²) in [6.45, 7) is 0. The molecule has 0 fully saturated rings. The molecule has 0 radical (unpaired) electrons. The molecular formula is C50H35NO. The van der Waals surface area contributed by atoms with Gasteiger partial charge < -0.3 is 9.32 Å². The van der Waals surface area contributed by atoms with Crippen LogP contribution in [0.1, 0.15) is 22.3 Å². The van der Waals surface area contributed by atoms with Crippen LogP contribution >= 0.6 is 0 Å². The first-order valence-electron chi connectivity index (χ1n) is 18.0. The van der Waals surface area contributed by atoms with Crippen molar-refractivity contribution in [3.05, 3.63) is 210 Å². The van der Waals surface area contributed by atoms with Crippen LogP contribution in [0.2, 0.25) is 0 Å². The third-order valence-corrected chi connectivity index (χ3v) is 10.6. The molecule has 0 saturated carbocycles. The van der Waals surface area contributed by atoms with E-state index in [1.807, 2.05) is 12.1 Å². The van der Waals surface area contributed by atoms with Gasteiger partial charge in [0.05, 0.1) is 5.69 Å². The van der Waals surface area contributed by atoms with Gasteiger partial charge in [0.2, 0.25) is 0 Å². The lowest BCUT2D eigenvalue weighted by atomic mass is 9.84. The molecule has 0 amide bonds. The molecule has 0 unspecified atom stereocenters. The second kappa shape index (κ2) is 12.6. The SMILES string of the molecule is c1ccc(-c2ccccc2N(c2ccc3c(c2)Cc2ccccc2-c2ccccc2Cc2ccccc2-3)c2ccc3oc4ccccc4c3c2)cc1. The minimum Gasteiger partial charge on any atom is -0.456 e. The summed E-state index contributed by atoms with van der Waals surface area (Å²) < 4.78 is 6.29. The van der Waals surface area contributed by atoms with Crippen molar-refractivity contribution in [1.82, 2.24) is 0 Å². The van der Waals surface area contributed by atoms with Crippen LogP contribution in [0.25, 0.3) is 55.3 Å². The maximum absolute atomic E-state index is 6.29. The van der Waals surface area contributed by atoms with Crippen LogP contribution < -0.4 is 4.90 Å². The Labute approximate surface area is 303 Å². The number of nitrogens with zero attached hydrogens (tertiary/aromatic N) is 1. The number of benzene rings is 8. The summed E-state index contributed by atoms with van der Waals surface area (Å²) in [6, 6.07) is 68.2. The van der Waals surface area contributed by atoms with E-state index in [1.165, 1.54) is 55.6 Å². The summed E-state index contributed by atoms with van der Waals surface area (Å²) in [5, 5.41) is 2.23. The molecule has 0 bridgehead atoms. The van der Waals surface area contributed by atoms with E-state index in [9.17, 15) is 0 Å². The zero-order valence-electron chi connectivity index (χ0n) is 28.7. The van der Waals surface area contributed by atoms with Crippen molar-refractivity contribution in [3.63, 3.8) is 0 Å². The number of hydrogen-bond acceptors (Lipinski definition) is 2. The fourth-order valence-electron chi connectivity index (χ4n) is 8.16. The van der Waals surface area contributed by atoms with Crippen molar-refractivity contribution in [3.8, 4) is 33.4 Å². The molecule has 1 aromatic heterocycles. The first kappa shape index (κ1) is 30.2. The van der Waals surface area contributed by atoms with Crippen molar-refractivity contribution in [2.75, 3.05) is 4.90 Å². The van der Waals surface area contributed by atoms with Crippen molar-refractivity contribution >= 4 is 39.0 Å². The van der Waals surface area contributed by atoms with Crippen molar-refractivity contribution < 1.29 is 4.42 Å². The van der Waals surface area contributed by atoms with Crippen LogP contribution in [-0.4, -0.2) is 0 Å². The minimum atomic E-state index is 0.807. The molecule has 0 spiro atoms. The van der Waals surface area contributed by atoms with Crippen LogP contribution in [0.3, 0.4) is 0 Å². The van der Waals surface area contributed by atoms with Crippen LogP contribution in [0.4, 0.5) is 17.1 Å². The second-order valence-electron chi connectivity index (χ2n) is 13.7. The molecule has 1 aliphatic carbocycles. The summed E-state index contributed by atoms with van der Waals surface area (Å²) in [7, 11) is 0. The molecule has 246 valence electrons. The molecule has 52 heavy (non-hydrogen) atoms. The quantitative estimate of drug-likeness (QED) is 0.186. The average molecular weight is 666 g/mol. The summed E-state index contributed by atoms with van der Waals surface area (Å²) in [6.07, 6.45) is 1.68. The van der Waals surface area contributed by atoms with E-state index >= 15 is 0 Å². The molecule has 2 nitrogen and oxygen atoms in total. The Balaban J connectivity index is 1.22. The van der Waals surface area contributed by atoms with Gasteiger partial charge in [0.15, 0.2) is 0 Å². The fourth-order valence-corrected chi connectivity index (χ4v) is 8.16. The number of fused-ring (bicyclic) bond motifs is 9. The van der Waals surface area contributed by atoms with E-state index in [0.717, 1.165) is 51.8 Å². The van der Waals surface area contributed by atoms with E-state index in [1.54, 1.807) is 0 Å². The van der Waals surface area contributed by atoms with Gasteiger partial charge in [0, 0.05) is 27.7 Å². The lowest BCUT2D eigenvalue weighted by Gasteiger charge is -2.29. The van der Waals surface area contributed by atoms with Gasteiger partial charge in [-0.05, 0) is 105 Å². The number of anilines is 3. The maximum atomic E-state index is 6.29. The highest BCUT2D eigenvalue weighted by atomic mass is 16.3. The first-order valence-corrected chi connectivity index (χ1v) is 18.0. The third-order valence-electron chi connectivity index (χ3n) is 10.6. The highest BCUT2D eigenvalue weighted by Crippen LogP contribution is 2.45. The van der Waals surface area contributed by atoms with Gasteiger partial charge in [-0.15, -0.1) is 0 Å². The monoisotopic (exact) mass is 665 g/mol. The zero-order valence-corrected chi connectivity index (χ0v) is 28.7. The molecule has 1 aliphatic rings. The number of furan rings is 1. The van der Waals surface area contributed by atoms with Gasteiger partial charge in [0.1, 0.15) is 11.2 Å². The van der Waals surface area contributed by atoms with Crippen LogP contribution in [0.15, 0.2) is 192 Å². The zero-order chi connectivity index (χ0) is 34.4. The Morgan fingerprint density at radius 2 is 0.846 bits per heavy atom. The number of para-hydroxylation sites is 2. The predicted octanol–water partition coefficient (Wildman–Crippen LogP) is 13.6. The average Bonchev–Trinajstić information content (AvgIpc) is 3.58. The summed E-state index contributed by atoms with van der Waals surface area (Å²) >= 11 is 0. The third kappa shape index (κ3) is 5.20. The smallest absolute Gasteiger partial charge is 0.135 e. The molecule has 9 aromatic rings. The normalized spacial score (nSPS) is 12.1. The minimum absolute atomic E-state index is 0.807. The van der Waals surface area contributed by atoms with Gasteiger partial charge in [0.25, 0.3) is 0 Å². The molecule has 0 atom stereocenters. The Morgan fingerprint density at radius 3 is 1.56 bits per heavy atom. The van der Waals surface area contributed by atoms with E-state index in [-0.39, 0.29) is 0 Å². The summed E-state index contributed by atoms with van der Waals surface area (Å²) in [4.78, 5) is 2.43. The highest BCUT2D eigenvalue weighted by molar-refractivity contribution is 6.07. The predicted molar refractivity (Wildman–Crippen MR) is 217 cm³/mol. The molecule has 0 N–H and O–H groups in total. The van der Waals surface area contributed by atoms with E-state index < -0.39 is 0 Å².